The number of hydrogen-bond donors (Lipinski definition) is 0. The average molecular weight is 252 g/mol. The Kier molecular flexibility index (Phi) is 6.39. The van der Waals surface area contributed by atoms with E-state index in [1.807, 2.05) is 31.2 Å². The summed E-state index contributed by atoms with van der Waals surface area (Å²) in [6.45, 7) is 2.50. The van der Waals surface area contributed by atoms with E-state index in [0.717, 1.165) is 11.3 Å². The largest absolute Gasteiger partial charge is 0.497 e. The summed E-state index contributed by atoms with van der Waals surface area (Å²) in [4.78, 5) is 11.7. The second kappa shape index (κ2) is 7.84. The number of carbonyl (C=O) groups excluding carboxylic acids is 1. The topological polar surface area (TPSA) is 44.8 Å². The smallest absolute Gasteiger partial charge is 0.162 e. The zero-order valence-electron chi connectivity index (χ0n) is 11.1. The van der Waals surface area contributed by atoms with Crippen molar-refractivity contribution in [2.75, 3.05) is 27.4 Å². The molecular formula is C14H20O4. The van der Waals surface area contributed by atoms with Crippen LogP contribution in [0.25, 0.3) is 0 Å². The monoisotopic (exact) mass is 252 g/mol. The molecule has 0 aliphatic carbocycles. The summed E-state index contributed by atoms with van der Waals surface area (Å²) in [5, 5.41) is 0. The third-order valence-corrected chi connectivity index (χ3v) is 2.49. The van der Waals surface area contributed by atoms with Gasteiger partial charge < -0.3 is 14.2 Å². The molecule has 1 aromatic rings. The van der Waals surface area contributed by atoms with Gasteiger partial charge in [-0.1, -0.05) is 12.1 Å². The molecule has 4 heteroatoms. The highest BCUT2D eigenvalue weighted by Gasteiger charge is 2.07. The first-order valence-corrected chi connectivity index (χ1v) is 5.91. The van der Waals surface area contributed by atoms with E-state index < -0.39 is 0 Å². The maximum absolute atomic E-state index is 11.7. The van der Waals surface area contributed by atoms with Gasteiger partial charge in [-0.15, -0.1) is 0 Å². The van der Waals surface area contributed by atoms with Crippen LogP contribution in [-0.2, 0) is 20.7 Å². The molecule has 0 aromatic heterocycles. The second-order valence-electron chi connectivity index (χ2n) is 4.14. The van der Waals surface area contributed by atoms with Crippen molar-refractivity contribution in [1.82, 2.24) is 0 Å². The summed E-state index contributed by atoms with van der Waals surface area (Å²) in [5.41, 5.74) is 0.962. The molecule has 0 radical (unpaired) electrons. The van der Waals surface area contributed by atoms with Crippen LogP contribution in [0.15, 0.2) is 24.3 Å². The molecule has 1 unspecified atom stereocenters. The molecule has 100 valence electrons. The Balaban J connectivity index is 2.35. The minimum absolute atomic E-state index is 0.0584. The Hall–Kier alpha value is -1.39. The zero-order valence-corrected chi connectivity index (χ0v) is 11.1. The van der Waals surface area contributed by atoms with Gasteiger partial charge in [-0.2, -0.15) is 0 Å². The minimum Gasteiger partial charge on any atom is -0.497 e. The van der Waals surface area contributed by atoms with E-state index in [2.05, 4.69) is 0 Å². The van der Waals surface area contributed by atoms with Crippen LogP contribution in [0.2, 0.25) is 0 Å². The van der Waals surface area contributed by atoms with Crippen LogP contribution in [0.5, 0.6) is 5.75 Å². The van der Waals surface area contributed by atoms with Gasteiger partial charge in [0.2, 0.25) is 0 Å². The Bertz CT molecular complexity index is 359. The maximum Gasteiger partial charge on any atom is 0.162 e. The van der Waals surface area contributed by atoms with Crippen molar-refractivity contribution in [3.05, 3.63) is 29.8 Å². The first-order chi connectivity index (χ1) is 8.65. The van der Waals surface area contributed by atoms with Crippen molar-refractivity contribution >= 4 is 5.78 Å². The molecule has 4 nitrogen and oxygen atoms in total. The Morgan fingerprint density at radius 3 is 2.44 bits per heavy atom. The number of ether oxygens (including phenoxy) is 3. The molecule has 0 aliphatic heterocycles. The third-order valence-electron chi connectivity index (χ3n) is 2.49. The lowest BCUT2D eigenvalue weighted by molar-refractivity contribution is -0.125. The molecule has 0 fully saturated rings. The first-order valence-electron chi connectivity index (χ1n) is 5.91. The summed E-state index contributed by atoms with van der Waals surface area (Å²) >= 11 is 0. The SMILES string of the molecule is COCC(C)OCC(=O)Cc1ccc(OC)cc1. The highest BCUT2D eigenvalue weighted by Crippen LogP contribution is 2.11. The molecule has 1 rings (SSSR count). The van der Waals surface area contributed by atoms with Gasteiger partial charge >= 0.3 is 0 Å². The van der Waals surface area contributed by atoms with Crippen molar-refractivity contribution in [2.24, 2.45) is 0 Å². The van der Waals surface area contributed by atoms with Gasteiger partial charge in [0.15, 0.2) is 5.78 Å². The number of methoxy groups -OCH3 is 2. The van der Waals surface area contributed by atoms with E-state index in [1.54, 1.807) is 14.2 Å². The Morgan fingerprint density at radius 1 is 1.22 bits per heavy atom. The Morgan fingerprint density at radius 2 is 1.89 bits per heavy atom. The maximum atomic E-state index is 11.7. The molecule has 0 saturated carbocycles. The van der Waals surface area contributed by atoms with Crippen LogP contribution >= 0.6 is 0 Å². The van der Waals surface area contributed by atoms with Gasteiger partial charge in [-0.05, 0) is 24.6 Å². The summed E-state index contributed by atoms with van der Waals surface area (Å²) < 4.78 is 15.3. The predicted octanol–water partition coefficient (Wildman–Crippen LogP) is 1.86. The molecule has 0 spiro atoms. The summed E-state index contributed by atoms with van der Waals surface area (Å²) in [6.07, 6.45) is 0.318. The molecule has 18 heavy (non-hydrogen) atoms. The number of Topliss-reactive ketones (excluding diaryl/α,β-unsaturated/α-hetero) is 1. The molecule has 1 aromatic carbocycles. The number of ketones is 1. The number of carbonyl (C=O) groups is 1. The van der Waals surface area contributed by atoms with Crippen LogP contribution < -0.4 is 4.74 Å². The molecule has 0 saturated heterocycles. The minimum atomic E-state index is -0.0604. The quantitative estimate of drug-likeness (QED) is 0.708. The van der Waals surface area contributed by atoms with E-state index in [0.29, 0.717) is 13.0 Å². The van der Waals surface area contributed by atoms with Gasteiger partial charge in [0.25, 0.3) is 0 Å². The van der Waals surface area contributed by atoms with E-state index in [-0.39, 0.29) is 18.5 Å². The molecule has 0 amide bonds. The lowest BCUT2D eigenvalue weighted by Gasteiger charge is -2.11. The molecule has 0 aliphatic rings. The van der Waals surface area contributed by atoms with E-state index >= 15 is 0 Å². The fourth-order valence-electron chi connectivity index (χ4n) is 1.54. The lowest BCUT2D eigenvalue weighted by atomic mass is 10.1. The molecule has 0 bridgehead atoms. The van der Waals surface area contributed by atoms with E-state index in [9.17, 15) is 4.79 Å². The van der Waals surface area contributed by atoms with E-state index in [4.69, 9.17) is 14.2 Å². The first kappa shape index (κ1) is 14.7. The third kappa shape index (κ3) is 5.29. The summed E-state index contributed by atoms with van der Waals surface area (Å²) in [5.74, 6) is 0.847. The van der Waals surface area contributed by atoms with Crippen LogP contribution in [0.1, 0.15) is 12.5 Å². The van der Waals surface area contributed by atoms with Crippen molar-refractivity contribution in [2.45, 2.75) is 19.4 Å². The average Bonchev–Trinajstić information content (AvgIpc) is 2.38. The standard InChI is InChI=1S/C14H20O4/c1-11(9-16-2)18-10-13(15)8-12-4-6-14(17-3)7-5-12/h4-7,11H,8-10H2,1-3H3. The summed E-state index contributed by atoms with van der Waals surface area (Å²) in [7, 11) is 3.23. The Labute approximate surface area is 108 Å². The highest BCUT2D eigenvalue weighted by atomic mass is 16.5. The van der Waals surface area contributed by atoms with Gasteiger partial charge in [-0.3, -0.25) is 4.79 Å². The lowest BCUT2D eigenvalue weighted by Crippen LogP contribution is -2.20. The van der Waals surface area contributed by atoms with Crippen LogP contribution in [-0.4, -0.2) is 39.3 Å². The van der Waals surface area contributed by atoms with Gasteiger partial charge in [0.1, 0.15) is 12.4 Å². The number of hydrogen-bond acceptors (Lipinski definition) is 4. The highest BCUT2D eigenvalue weighted by molar-refractivity contribution is 5.82. The van der Waals surface area contributed by atoms with Crippen LogP contribution in [0, 0.1) is 0 Å². The molecule has 0 N–H and O–H groups in total. The predicted molar refractivity (Wildman–Crippen MR) is 69.0 cm³/mol. The van der Waals surface area contributed by atoms with Crippen molar-refractivity contribution < 1.29 is 19.0 Å². The van der Waals surface area contributed by atoms with Gasteiger partial charge in [-0.25, -0.2) is 0 Å². The number of benzene rings is 1. The van der Waals surface area contributed by atoms with Gasteiger partial charge in [0.05, 0.1) is 19.8 Å². The zero-order chi connectivity index (χ0) is 13.4. The number of rotatable bonds is 8. The van der Waals surface area contributed by atoms with Crippen LogP contribution in [0.3, 0.4) is 0 Å². The van der Waals surface area contributed by atoms with Crippen molar-refractivity contribution in [1.29, 1.82) is 0 Å². The molecule has 1 atom stereocenters. The fraction of sp³-hybridized carbons (Fsp3) is 0.500. The van der Waals surface area contributed by atoms with E-state index in [1.165, 1.54) is 0 Å². The summed E-state index contributed by atoms with van der Waals surface area (Å²) in [6, 6.07) is 7.46. The molecular weight excluding hydrogens is 232 g/mol. The molecule has 0 heterocycles. The second-order valence-corrected chi connectivity index (χ2v) is 4.14. The normalized spacial score (nSPS) is 12.2. The van der Waals surface area contributed by atoms with Gasteiger partial charge in [0, 0.05) is 13.5 Å². The van der Waals surface area contributed by atoms with Crippen molar-refractivity contribution in [3.63, 3.8) is 0 Å². The fourth-order valence-corrected chi connectivity index (χ4v) is 1.54. The van der Waals surface area contributed by atoms with Crippen molar-refractivity contribution in [3.8, 4) is 5.75 Å². The van der Waals surface area contributed by atoms with Crippen LogP contribution in [0.4, 0.5) is 0 Å².